The fourth-order valence-electron chi connectivity index (χ4n) is 4.73. The molecular formula is C24H23Cl2N5O4. The minimum absolute atomic E-state index is 0.171. The Kier molecular flexibility index (Phi) is 5.37. The smallest absolute Gasteiger partial charge is 0.329 e. The molecule has 2 heterocycles. The predicted octanol–water partition coefficient (Wildman–Crippen LogP) is 2.69. The summed E-state index contributed by atoms with van der Waals surface area (Å²) >= 11 is 12.4. The summed E-state index contributed by atoms with van der Waals surface area (Å²) in [6.45, 7) is 1.75. The molecule has 0 bridgehead atoms. The second-order valence-corrected chi connectivity index (χ2v) is 10.1. The summed E-state index contributed by atoms with van der Waals surface area (Å²) in [6.07, 6.45) is 1.74. The fourth-order valence-corrected chi connectivity index (χ4v) is 5.25. The Morgan fingerprint density at radius 3 is 2.37 bits per heavy atom. The molecule has 1 unspecified atom stereocenters. The van der Waals surface area contributed by atoms with Crippen LogP contribution in [0.15, 0.2) is 54.4 Å². The van der Waals surface area contributed by atoms with E-state index in [1.54, 1.807) is 42.2 Å². The van der Waals surface area contributed by atoms with Gasteiger partial charge >= 0.3 is 5.97 Å². The van der Waals surface area contributed by atoms with Gasteiger partial charge in [0.1, 0.15) is 16.8 Å². The number of aliphatic carboxylic acids is 1. The van der Waals surface area contributed by atoms with Crippen molar-refractivity contribution in [2.45, 2.75) is 43.6 Å². The topological polar surface area (TPSA) is 128 Å². The van der Waals surface area contributed by atoms with E-state index >= 15 is 0 Å². The lowest BCUT2D eigenvalue weighted by molar-refractivity contribution is -0.143. The van der Waals surface area contributed by atoms with Crippen LogP contribution in [0.3, 0.4) is 0 Å². The highest BCUT2D eigenvalue weighted by Crippen LogP contribution is 2.43. The second kappa shape index (κ2) is 8.07. The first kappa shape index (κ1) is 23.3. The highest BCUT2D eigenvalue weighted by atomic mass is 35.5. The van der Waals surface area contributed by atoms with Gasteiger partial charge in [0, 0.05) is 28.4 Å². The zero-order valence-electron chi connectivity index (χ0n) is 18.7. The maximum Gasteiger partial charge on any atom is 0.329 e. The van der Waals surface area contributed by atoms with Gasteiger partial charge in [-0.2, -0.15) is 0 Å². The number of nitrogen functional groups attached to an aromatic ring is 1. The summed E-state index contributed by atoms with van der Waals surface area (Å²) in [5, 5.41) is 16.0. The molecule has 2 amide bonds. The van der Waals surface area contributed by atoms with Gasteiger partial charge in [0.15, 0.2) is 6.29 Å². The molecule has 5 rings (SSSR count). The molecular weight excluding hydrogens is 493 g/mol. The van der Waals surface area contributed by atoms with Gasteiger partial charge in [0.2, 0.25) is 0 Å². The molecule has 0 aromatic heterocycles. The molecule has 2 fully saturated rings. The number of anilines is 2. The third kappa shape index (κ3) is 3.84. The van der Waals surface area contributed by atoms with Crippen LogP contribution in [-0.4, -0.2) is 45.2 Å². The molecule has 2 aromatic carbocycles. The van der Waals surface area contributed by atoms with Crippen LogP contribution < -0.4 is 21.3 Å². The van der Waals surface area contributed by atoms with Crippen LogP contribution in [-0.2, 0) is 20.8 Å². The van der Waals surface area contributed by atoms with Crippen molar-refractivity contribution in [3.05, 3.63) is 70.0 Å². The molecule has 2 atom stereocenters. The highest BCUT2D eigenvalue weighted by molar-refractivity contribution is 6.35. The third-order valence-corrected chi connectivity index (χ3v) is 7.16. The lowest BCUT2D eigenvalue weighted by Gasteiger charge is -2.34. The summed E-state index contributed by atoms with van der Waals surface area (Å²) in [4.78, 5) is 42.1. The van der Waals surface area contributed by atoms with Crippen LogP contribution >= 0.6 is 23.2 Å². The van der Waals surface area contributed by atoms with E-state index in [1.807, 2.05) is 12.1 Å². The second-order valence-electron chi connectivity index (χ2n) is 9.28. The van der Waals surface area contributed by atoms with Crippen LogP contribution in [0, 0.1) is 0 Å². The summed E-state index contributed by atoms with van der Waals surface area (Å²) in [5.41, 5.74) is 5.44. The van der Waals surface area contributed by atoms with Crippen LogP contribution in [0.25, 0.3) is 0 Å². The molecule has 2 aliphatic heterocycles. The van der Waals surface area contributed by atoms with Crippen LogP contribution in [0.1, 0.15) is 25.3 Å². The summed E-state index contributed by atoms with van der Waals surface area (Å²) in [6, 6.07) is 12.0. The average molecular weight is 516 g/mol. The Balaban J connectivity index is 1.54. The molecule has 5 N–H and O–H groups in total. The van der Waals surface area contributed by atoms with E-state index < -0.39 is 29.2 Å². The SMILES string of the molecule is C[C@@]1(Cc2ccc(N)cc2)C(=O)N(c2cc(Cl)cc(Cl)c2)C2NC=C(C(=O)NC3(C(=O)O)CC3)N21. The quantitative estimate of drug-likeness (QED) is 0.435. The zero-order chi connectivity index (χ0) is 25.1. The van der Waals surface area contributed by atoms with Gasteiger partial charge in [-0.25, -0.2) is 4.79 Å². The number of carboxylic acid groups (broad SMARTS) is 1. The molecule has 1 saturated heterocycles. The fraction of sp³-hybridized carbons (Fsp3) is 0.292. The molecule has 182 valence electrons. The van der Waals surface area contributed by atoms with Gasteiger partial charge in [-0.3, -0.25) is 14.5 Å². The molecule has 3 aliphatic rings. The summed E-state index contributed by atoms with van der Waals surface area (Å²) in [7, 11) is 0. The Morgan fingerprint density at radius 1 is 1.17 bits per heavy atom. The van der Waals surface area contributed by atoms with Crippen molar-refractivity contribution >= 4 is 52.4 Å². The number of amides is 2. The number of nitrogens with two attached hydrogens (primary N) is 1. The van der Waals surface area contributed by atoms with Crippen molar-refractivity contribution < 1.29 is 19.5 Å². The van der Waals surface area contributed by atoms with Crippen LogP contribution in [0.2, 0.25) is 10.0 Å². The number of carbonyl (C=O) groups is 3. The number of nitrogens with one attached hydrogen (secondary N) is 2. The van der Waals surface area contributed by atoms with Crippen molar-refractivity contribution in [1.82, 2.24) is 15.5 Å². The molecule has 0 radical (unpaired) electrons. The highest BCUT2D eigenvalue weighted by Gasteiger charge is 2.60. The largest absolute Gasteiger partial charge is 0.480 e. The number of carboxylic acids is 1. The Bertz CT molecular complexity index is 1260. The zero-order valence-corrected chi connectivity index (χ0v) is 20.2. The van der Waals surface area contributed by atoms with E-state index in [2.05, 4.69) is 10.6 Å². The van der Waals surface area contributed by atoms with Crippen LogP contribution in [0.4, 0.5) is 11.4 Å². The number of halogens is 2. The number of carbonyl (C=O) groups excluding carboxylic acids is 2. The summed E-state index contributed by atoms with van der Waals surface area (Å²) < 4.78 is 0. The molecule has 9 nitrogen and oxygen atoms in total. The maximum atomic E-state index is 14.0. The minimum Gasteiger partial charge on any atom is -0.480 e. The van der Waals surface area contributed by atoms with Crippen molar-refractivity contribution in [1.29, 1.82) is 0 Å². The number of benzene rings is 2. The number of nitrogens with zero attached hydrogens (tertiary/aromatic N) is 2. The maximum absolute atomic E-state index is 14.0. The molecule has 0 spiro atoms. The monoisotopic (exact) mass is 515 g/mol. The van der Waals surface area contributed by atoms with Crippen molar-refractivity contribution in [2.24, 2.45) is 0 Å². The van der Waals surface area contributed by atoms with E-state index in [9.17, 15) is 19.5 Å². The van der Waals surface area contributed by atoms with Crippen LogP contribution in [0.5, 0.6) is 0 Å². The Labute approximate surface area is 211 Å². The standard InChI is InChI=1S/C24H23Cl2N5O4/c1-23(11-13-2-4-16(27)5-3-13)20(33)30(17-9-14(25)8-15(26)10-17)22-28-12-18(31(22)23)19(32)29-24(6-7-24)21(34)35/h2-5,8-10,12,22,28H,6-7,11,27H2,1H3,(H,29,32)(H,34,35)/t22?,23-/m1/s1. The molecule has 1 aliphatic carbocycles. The van der Waals surface area contributed by atoms with Gasteiger partial charge in [0.05, 0.1) is 5.69 Å². The lowest BCUT2D eigenvalue weighted by atomic mass is 9.90. The first-order chi connectivity index (χ1) is 16.5. The van der Waals surface area contributed by atoms with E-state index in [4.69, 9.17) is 28.9 Å². The minimum atomic E-state index is -1.27. The number of hydrogen-bond donors (Lipinski definition) is 4. The number of hydrogen-bond acceptors (Lipinski definition) is 6. The van der Waals surface area contributed by atoms with Gasteiger partial charge in [-0.1, -0.05) is 35.3 Å². The van der Waals surface area contributed by atoms with Crippen molar-refractivity contribution in [3.8, 4) is 0 Å². The molecule has 2 aromatic rings. The van der Waals surface area contributed by atoms with Gasteiger partial charge in [-0.15, -0.1) is 0 Å². The van der Waals surface area contributed by atoms with Gasteiger partial charge in [0.25, 0.3) is 11.8 Å². The van der Waals surface area contributed by atoms with Gasteiger partial charge < -0.3 is 26.4 Å². The third-order valence-electron chi connectivity index (χ3n) is 6.73. The van der Waals surface area contributed by atoms with Crippen molar-refractivity contribution in [2.75, 3.05) is 10.6 Å². The van der Waals surface area contributed by atoms with E-state index in [0.717, 1.165) is 5.56 Å². The van der Waals surface area contributed by atoms with E-state index in [1.165, 1.54) is 11.1 Å². The number of rotatable bonds is 6. The lowest BCUT2D eigenvalue weighted by Crippen LogP contribution is -2.53. The summed E-state index contributed by atoms with van der Waals surface area (Å²) in [5.74, 6) is -1.92. The Morgan fingerprint density at radius 2 is 1.80 bits per heavy atom. The molecule has 11 heteroatoms. The normalized spacial score (nSPS) is 24.0. The number of fused-ring (bicyclic) bond motifs is 1. The first-order valence-corrected chi connectivity index (χ1v) is 11.8. The first-order valence-electron chi connectivity index (χ1n) is 11.0. The molecule has 35 heavy (non-hydrogen) atoms. The van der Waals surface area contributed by atoms with Crippen molar-refractivity contribution in [3.63, 3.8) is 0 Å². The van der Waals surface area contributed by atoms with Gasteiger partial charge in [-0.05, 0) is 55.7 Å². The Hall–Kier alpha value is -3.43. The van der Waals surface area contributed by atoms with E-state index in [-0.39, 0.29) is 18.0 Å². The average Bonchev–Trinajstić information content (AvgIpc) is 3.38. The molecule has 1 saturated carbocycles. The predicted molar refractivity (Wildman–Crippen MR) is 132 cm³/mol. The van der Waals surface area contributed by atoms with E-state index in [0.29, 0.717) is 34.3 Å².